The highest BCUT2D eigenvalue weighted by Gasteiger charge is 2.22. The summed E-state index contributed by atoms with van der Waals surface area (Å²) < 4.78 is 16.3. The molecule has 0 spiro atoms. The van der Waals surface area contributed by atoms with Crippen molar-refractivity contribution >= 4 is 24.3 Å². The monoisotopic (exact) mass is 419 g/mol. The number of carbonyl (C=O) groups is 1. The van der Waals surface area contributed by atoms with Crippen LogP contribution >= 0.6 is 12.4 Å². The molecular weight excluding hydrogens is 397 g/mol. The second-order valence-corrected chi connectivity index (χ2v) is 6.95. The van der Waals surface area contributed by atoms with Crippen LogP contribution < -0.4 is 10.6 Å². The molecule has 1 aliphatic rings. The van der Waals surface area contributed by atoms with Gasteiger partial charge in [0.2, 0.25) is 5.95 Å². The first kappa shape index (κ1) is 20.9. The molecule has 0 unspecified atom stereocenters. The molecule has 0 atom stereocenters. The van der Waals surface area contributed by atoms with Crippen molar-refractivity contribution < 1.29 is 9.18 Å². The smallest absolute Gasteiger partial charge is 0.278 e. The Morgan fingerprint density at radius 1 is 1.21 bits per heavy atom. The molecule has 1 aliphatic heterocycles. The van der Waals surface area contributed by atoms with Crippen molar-refractivity contribution in [2.45, 2.75) is 25.7 Å². The molecule has 0 radical (unpaired) electrons. The Kier molecular flexibility index (Phi) is 6.29. The van der Waals surface area contributed by atoms with Gasteiger partial charge in [0.15, 0.2) is 11.5 Å². The van der Waals surface area contributed by atoms with Crippen LogP contribution in [0.15, 0.2) is 30.3 Å². The molecule has 0 aliphatic carbocycles. The summed E-state index contributed by atoms with van der Waals surface area (Å²) in [5.74, 6) is 0.771. The van der Waals surface area contributed by atoms with E-state index in [2.05, 4.69) is 25.8 Å². The Morgan fingerprint density at radius 3 is 2.59 bits per heavy atom. The van der Waals surface area contributed by atoms with E-state index in [0.717, 1.165) is 37.4 Å². The third-order valence-corrected chi connectivity index (χ3v) is 4.90. The number of aromatic nitrogens is 5. The maximum atomic E-state index is 13.1. The van der Waals surface area contributed by atoms with Crippen molar-refractivity contribution in [3.8, 4) is 5.69 Å². The average molecular weight is 420 g/mol. The van der Waals surface area contributed by atoms with E-state index in [4.69, 9.17) is 0 Å². The van der Waals surface area contributed by atoms with Gasteiger partial charge in [-0.15, -0.1) is 12.4 Å². The van der Waals surface area contributed by atoms with Crippen LogP contribution in [0.2, 0.25) is 0 Å². The second-order valence-electron chi connectivity index (χ2n) is 6.95. The standard InChI is InChI=1S/C19H22FN7O.ClH/c1-12-11-16(24-27(12)15-5-3-14(20)4-6-15)18(28)23-19-22-17(25-26(19)2)13-7-9-21-10-8-13;/h3-6,11,13,21H,7-10H2,1-2H3,(H,22,23,25,28);1H. The summed E-state index contributed by atoms with van der Waals surface area (Å²) >= 11 is 0. The van der Waals surface area contributed by atoms with Crippen LogP contribution in [0.1, 0.15) is 40.8 Å². The third-order valence-electron chi connectivity index (χ3n) is 4.90. The highest BCUT2D eigenvalue weighted by Crippen LogP contribution is 2.23. The fourth-order valence-electron chi connectivity index (χ4n) is 3.36. The predicted molar refractivity (Wildman–Crippen MR) is 109 cm³/mol. The minimum absolute atomic E-state index is 0. The first-order valence-corrected chi connectivity index (χ1v) is 9.27. The predicted octanol–water partition coefficient (Wildman–Crippen LogP) is 2.59. The van der Waals surface area contributed by atoms with Gasteiger partial charge in [-0.05, 0) is 63.2 Å². The summed E-state index contributed by atoms with van der Waals surface area (Å²) in [5, 5.41) is 14.9. The molecule has 8 nitrogen and oxygen atoms in total. The van der Waals surface area contributed by atoms with Crippen LogP contribution in [0.5, 0.6) is 0 Å². The van der Waals surface area contributed by atoms with Gasteiger partial charge in [-0.3, -0.25) is 10.1 Å². The average Bonchev–Trinajstić information content (AvgIpc) is 3.26. The number of anilines is 1. The largest absolute Gasteiger partial charge is 0.317 e. The van der Waals surface area contributed by atoms with Crippen molar-refractivity contribution in [2.24, 2.45) is 7.05 Å². The minimum atomic E-state index is -0.365. The van der Waals surface area contributed by atoms with Crippen LogP contribution in [-0.2, 0) is 7.05 Å². The summed E-state index contributed by atoms with van der Waals surface area (Å²) in [5.41, 5.74) is 1.71. The van der Waals surface area contributed by atoms with Gasteiger partial charge >= 0.3 is 0 Å². The number of hydrogen-bond acceptors (Lipinski definition) is 5. The molecule has 1 saturated heterocycles. The van der Waals surface area contributed by atoms with Crippen molar-refractivity contribution in [3.05, 3.63) is 53.4 Å². The number of piperidine rings is 1. The molecule has 2 aromatic heterocycles. The maximum absolute atomic E-state index is 13.1. The third kappa shape index (κ3) is 4.46. The molecule has 3 heterocycles. The lowest BCUT2D eigenvalue weighted by atomic mass is 9.98. The summed E-state index contributed by atoms with van der Waals surface area (Å²) in [6.07, 6.45) is 1.97. The SMILES string of the molecule is Cc1cc(C(=O)Nc2nc(C3CCNCC3)nn2C)nn1-c1ccc(F)cc1.Cl. The Balaban J connectivity index is 0.00000240. The van der Waals surface area contributed by atoms with Crippen LogP contribution in [0.4, 0.5) is 10.3 Å². The van der Waals surface area contributed by atoms with E-state index in [1.165, 1.54) is 12.1 Å². The van der Waals surface area contributed by atoms with Gasteiger partial charge in [-0.25, -0.2) is 13.8 Å². The van der Waals surface area contributed by atoms with E-state index in [1.54, 1.807) is 34.6 Å². The zero-order chi connectivity index (χ0) is 19.7. The van der Waals surface area contributed by atoms with E-state index in [0.29, 0.717) is 17.6 Å². The number of rotatable bonds is 4. The number of aryl methyl sites for hydroxylation is 2. The Labute approximate surface area is 173 Å². The molecule has 3 aromatic rings. The number of hydrogen-bond donors (Lipinski definition) is 2. The van der Waals surface area contributed by atoms with E-state index >= 15 is 0 Å². The highest BCUT2D eigenvalue weighted by molar-refractivity contribution is 6.02. The van der Waals surface area contributed by atoms with Gasteiger partial charge in [-0.1, -0.05) is 0 Å². The second kappa shape index (κ2) is 8.71. The zero-order valence-corrected chi connectivity index (χ0v) is 17.0. The van der Waals surface area contributed by atoms with Crippen LogP contribution in [0.25, 0.3) is 5.69 Å². The number of halogens is 2. The van der Waals surface area contributed by atoms with Gasteiger partial charge in [-0.2, -0.15) is 15.2 Å². The Hall–Kier alpha value is -2.78. The van der Waals surface area contributed by atoms with Crippen molar-refractivity contribution in [1.82, 2.24) is 29.9 Å². The lowest BCUT2D eigenvalue weighted by molar-refractivity contribution is 0.102. The van der Waals surface area contributed by atoms with Gasteiger partial charge in [0.1, 0.15) is 5.82 Å². The summed E-state index contributed by atoms with van der Waals surface area (Å²) in [6, 6.07) is 7.63. The van der Waals surface area contributed by atoms with Crippen molar-refractivity contribution in [2.75, 3.05) is 18.4 Å². The number of benzene rings is 1. The Bertz CT molecular complexity index is 993. The molecule has 2 N–H and O–H groups in total. The first-order chi connectivity index (χ1) is 13.5. The summed E-state index contributed by atoms with van der Waals surface area (Å²) in [6.45, 7) is 3.74. The van der Waals surface area contributed by atoms with E-state index in [1.807, 2.05) is 6.92 Å². The molecule has 4 rings (SSSR count). The van der Waals surface area contributed by atoms with Crippen molar-refractivity contribution in [3.63, 3.8) is 0 Å². The molecule has 1 fully saturated rings. The quantitative estimate of drug-likeness (QED) is 0.678. The molecule has 1 aromatic carbocycles. The van der Waals surface area contributed by atoms with Gasteiger partial charge < -0.3 is 5.32 Å². The maximum Gasteiger partial charge on any atom is 0.278 e. The van der Waals surface area contributed by atoms with Crippen molar-refractivity contribution in [1.29, 1.82) is 0 Å². The number of carbonyl (C=O) groups excluding carboxylic acids is 1. The number of amides is 1. The minimum Gasteiger partial charge on any atom is -0.317 e. The molecule has 0 saturated carbocycles. The Morgan fingerprint density at radius 2 is 1.90 bits per heavy atom. The molecular formula is C19H23ClFN7O. The van der Waals surface area contributed by atoms with Gasteiger partial charge in [0.25, 0.3) is 5.91 Å². The molecule has 29 heavy (non-hydrogen) atoms. The topological polar surface area (TPSA) is 89.7 Å². The lowest BCUT2D eigenvalue weighted by Gasteiger charge is -2.19. The summed E-state index contributed by atoms with van der Waals surface area (Å²) in [4.78, 5) is 17.2. The van der Waals surface area contributed by atoms with E-state index < -0.39 is 0 Å². The molecule has 154 valence electrons. The van der Waals surface area contributed by atoms with E-state index in [9.17, 15) is 9.18 Å². The zero-order valence-electron chi connectivity index (χ0n) is 16.2. The van der Waals surface area contributed by atoms with Crippen LogP contribution in [0.3, 0.4) is 0 Å². The molecule has 0 bridgehead atoms. The fraction of sp³-hybridized carbons (Fsp3) is 0.368. The van der Waals surface area contributed by atoms with E-state index in [-0.39, 0.29) is 29.8 Å². The number of nitrogens with zero attached hydrogens (tertiary/aromatic N) is 5. The van der Waals surface area contributed by atoms with Crippen LogP contribution in [0, 0.1) is 12.7 Å². The first-order valence-electron chi connectivity index (χ1n) is 9.27. The molecule has 10 heteroatoms. The highest BCUT2D eigenvalue weighted by atomic mass is 35.5. The molecule has 1 amide bonds. The fourth-order valence-corrected chi connectivity index (χ4v) is 3.36. The lowest BCUT2D eigenvalue weighted by Crippen LogP contribution is -2.27. The normalized spacial score (nSPS) is 14.4. The summed E-state index contributed by atoms with van der Waals surface area (Å²) in [7, 11) is 1.76. The van der Waals surface area contributed by atoms with Crippen LogP contribution in [-0.4, -0.2) is 43.5 Å². The number of nitrogens with one attached hydrogen (secondary N) is 2. The van der Waals surface area contributed by atoms with Gasteiger partial charge in [0.05, 0.1) is 5.69 Å². The van der Waals surface area contributed by atoms with Gasteiger partial charge in [0, 0.05) is 18.7 Å².